The highest BCUT2D eigenvalue weighted by molar-refractivity contribution is 6.20. The predicted octanol–water partition coefficient (Wildman–Crippen LogP) is 1.84. The van der Waals surface area contributed by atoms with Gasteiger partial charge in [-0.25, -0.2) is 28.1 Å². The molecular formula is C6H6Cl2F2O4. The molecule has 4 nitrogen and oxygen atoms in total. The molecule has 0 saturated heterocycles. The minimum absolute atomic E-state index is 0.769. The molecule has 0 fully saturated rings. The van der Waals surface area contributed by atoms with Crippen LogP contribution >= 0.6 is 23.2 Å². The maximum atomic E-state index is 11.9. The van der Waals surface area contributed by atoms with Crippen molar-refractivity contribution in [3.63, 3.8) is 0 Å². The summed E-state index contributed by atoms with van der Waals surface area (Å²) < 4.78 is 23.9. The molecule has 0 aliphatic rings. The lowest BCUT2D eigenvalue weighted by Gasteiger charge is -2.02. The van der Waals surface area contributed by atoms with Crippen molar-refractivity contribution >= 4 is 35.1 Å². The zero-order valence-electron chi connectivity index (χ0n) is 6.71. The Morgan fingerprint density at radius 2 is 1.29 bits per heavy atom. The Bertz CT molecular complexity index is 188. The zero-order valence-corrected chi connectivity index (χ0v) is 8.23. The highest BCUT2D eigenvalue weighted by Crippen LogP contribution is 2.07. The van der Waals surface area contributed by atoms with Gasteiger partial charge in [-0.05, 0) is 0 Å². The quantitative estimate of drug-likeness (QED) is 0.434. The fourth-order valence-corrected chi connectivity index (χ4v) is 0.665. The normalized spacial score (nSPS) is 14.3. The second-order valence-corrected chi connectivity index (χ2v) is 3.05. The second kappa shape index (κ2) is 6.78. The summed E-state index contributed by atoms with van der Waals surface area (Å²) in [5, 5.41) is 0. The molecule has 82 valence electrons. The summed E-state index contributed by atoms with van der Waals surface area (Å²) in [5.41, 5.74) is -3.86. The third-order valence-corrected chi connectivity index (χ3v) is 1.18. The average Bonchev–Trinajstić information content (AvgIpc) is 1.98. The minimum Gasteiger partial charge on any atom is -0.247 e. The SMILES string of the molecule is O=C(CC(F)Cl)OOC(=O)CC(F)Cl. The van der Waals surface area contributed by atoms with Crippen LogP contribution in [-0.4, -0.2) is 23.2 Å². The van der Waals surface area contributed by atoms with E-state index in [-0.39, 0.29) is 0 Å². The summed E-state index contributed by atoms with van der Waals surface area (Å²) in [5.74, 6) is -2.35. The van der Waals surface area contributed by atoms with Gasteiger partial charge in [-0.15, -0.1) is 0 Å². The molecule has 0 spiro atoms. The molecule has 0 saturated carbocycles. The molecule has 0 aliphatic heterocycles. The van der Waals surface area contributed by atoms with Gasteiger partial charge >= 0.3 is 11.9 Å². The van der Waals surface area contributed by atoms with Crippen molar-refractivity contribution in [2.45, 2.75) is 24.1 Å². The minimum atomic E-state index is -1.93. The van der Waals surface area contributed by atoms with Gasteiger partial charge in [-0.1, -0.05) is 23.2 Å². The van der Waals surface area contributed by atoms with Crippen LogP contribution in [0.25, 0.3) is 0 Å². The fraction of sp³-hybridized carbons (Fsp3) is 0.667. The first-order chi connectivity index (χ1) is 6.41. The van der Waals surface area contributed by atoms with Crippen LogP contribution in [-0.2, 0) is 19.4 Å². The molecular weight excluding hydrogens is 245 g/mol. The molecule has 0 N–H and O–H groups in total. The summed E-state index contributed by atoms with van der Waals surface area (Å²) in [6.07, 6.45) is -1.54. The zero-order chi connectivity index (χ0) is 11.1. The third kappa shape index (κ3) is 8.00. The summed E-state index contributed by atoms with van der Waals surface area (Å²) in [7, 11) is 0. The first-order valence-electron chi connectivity index (χ1n) is 3.38. The van der Waals surface area contributed by atoms with Crippen molar-refractivity contribution in [1.82, 2.24) is 0 Å². The second-order valence-electron chi connectivity index (χ2n) is 2.10. The van der Waals surface area contributed by atoms with E-state index in [4.69, 9.17) is 23.2 Å². The molecule has 0 aromatic heterocycles. The molecule has 0 heterocycles. The largest absolute Gasteiger partial charge is 0.359 e. The summed E-state index contributed by atoms with van der Waals surface area (Å²) in [6.45, 7) is 0. The van der Waals surface area contributed by atoms with Crippen LogP contribution < -0.4 is 0 Å². The van der Waals surface area contributed by atoms with E-state index in [1.165, 1.54) is 0 Å². The third-order valence-electron chi connectivity index (χ3n) is 0.869. The highest BCUT2D eigenvalue weighted by Gasteiger charge is 2.16. The number of hydrogen-bond acceptors (Lipinski definition) is 4. The lowest BCUT2D eigenvalue weighted by Crippen LogP contribution is -2.14. The number of halogens is 4. The van der Waals surface area contributed by atoms with Crippen LogP contribution in [0.5, 0.6) is 0 Å². The van der Waals surface area contributed by atoms with Crippen molar-refractivity contribution in [2.24, 2.45) is 0 Å². The smallest absolute Gasteiger partial charge is 0.247 e. The van der Waals surface area contributed by atoms with Crippen LogP contribution in [0.4, 0.5) is 8.78 Å². The van der Waals surface area contributed by atoms with E-state index in [1.54, 1.807) is 0 Å². The Morgan fingerprint density at radius 3 is 1.50 bits per heavy atom. The van der Waals surface area contributed by atoms with Crippen molar-refractivity contribution in [3.05, 3.63) is 0 Å². The Labute approximate surface area is 88.0 Å². The molecule has 0 aliphatic carbocycles. The van der Waals surface area contributed by atoms with Gasteiger partial charge in [0.25, 0.3) is 0 Å². The molecule has 0 bridgehead atoms. The Kier molecular flexibility index (Phi) is 6.48. The Morgan fingerprint density at radius 1 is 1.00 bits per heavy atom. The van der Waals surface area contributed by atoms with Crippen LogP contribution in [0.15, 0.2) is 0 Å². The maximum Gasteiger partial charge on any atom is 0.359 e. The van der Waals surface area contributed by atoms with Gasteiger partial charge in [0.15, 0.2) is 11.3 Å². The number of carbonyl (C=O) groups is 2. The van der Waals surface area contributed by atoms with Gasteiger partial charge < -0.3 is 0 Å². The monoisotopic (exact) mass is 250 g/mol. The Hall–Kier alpha value is -0.620. The number of carbonyl (C=O) groups excluding carboxylic acids is 2. The lowest BCUT2D eigenvalue weighted by molar-refractivity contribution is -0.259. The molecule has 0 rings (SSSR count). The van der Waals surface area contributed by atoms with Crippen LogP contribution in [0.3, 0.4) is 0 Å². The van der Waals surface area contributed by atoms with Gasteiger partial charge in [-0.2, -0.15) is 0 Å². The highest BCUT2D eigenvalue weighted by atomic mass is 35.5. The standard InChI is InChI=1S/C6H6Cl2F2O4/c7-3(9)1-5(11)13-14-6(12)2-4(8)10/h3-4H,1-2H2. The van der Waals surface area contributed by atoms with E-state index in [1.807, 2.05) is 0 Å². The van der Waals surface area contributed by atoms with Gasteiger partial charge in [0, 0.05) is 0 Å². The summed E-state index contributed by atoms with van der Waals surface area (Å²) in [4.78, 5) is 28.5. The fourth-order valence-electron chi connectivity index (χ4n) is 0.413. The van der Waals surface area contributed by atoms with E-state index in [0.29, 0.717) is 0 Å². The number of alkyl halides is 4. The topological polar surface area (TPSA) is 52.6 Å². The van der Waals surface area contributed by atoms with Gasteiger partial charge in [-0.3, -0.25) is 0 Å². The molecule has 0 radical (unpaired) electrons. The van der Waals surface area contributed by atoms with Crippen molar-refractivity contribution < 1.29 is 28.1 Å². The van der Waals surface area contributed by atoms with E-state index < -0.39 is 36.0 Å². The van der Waals surface area contributed by atoms with Crippen LogP contribution in [0, 0.1) is 0 Å². The first-order valence-corrected chi connectivity index (χ1v) is 4.25. The summed E-state index contributed by atoms with van der Waals surface area (Å²) >= 11 is 9.57. The molecule has 0 aromatic carbocycles. The van der Waals surface area contributed by atoms with Crippen molar-refractivity contribution in [2.75, 3.05) is 0 Å². The number of hydrogen-bond donors (Lipinski definition) is 0. The molecule has 2 atom stereocenters. The van der Waals surface area contributed by atoms with E-state index in [2.05, 4.69) is 9.78 Å². The van der Waals surface area contributed by atoms with Gasteiger partial charge in [0.05, 0.1) is 12.8 Å². The van der Waals surface area contributed by atoms with E-state index in [9.17, 15) is 18.4 Å². The Balaban J connectivity index is 3.61. The first kappa shape index (κ1) is 13.4. The molecule has 8 heteroatoms. The molecule has 0 amide bonds. The lowest BCUT2D eigenvalue weighted by atomic mass is 10.5. The van der Waals surface area contributed by atoms with Crippen molar-refractivity contribution in [1.29, 1.82) is 0 Å². The van der Waals surface area contributed by atoms with E-state index in [0.717, 1.165) is 0 Å². The predicted molar refractivity (Wildman–Crippen MR) is 42.9 cm³/mol. The van der Waals surface area contributed by atoms with E-state index >= 15 is 0 Å². The maximum absolute atomic E-state index is 11.9. The molecule has 0 aromatic rings. The molecule has 14 heavy (non-hydrogen) atoms. The average molecular weight is 251 g/mol. The number of rotatable bonds is 4. The van der Waals surface area contributed by atoms with Crippen LogP contribution in [0.1, 0.15) is 12.8 Å². The van der Waals surface area contributed by atoms with Crippen LogP contribution in [0.2, 0.25) is 0 Å². The summed E-state index contributed by atoms with van der Waals surface area (Å²) in [6, 6.07) is 0. The molecule has 2 unspecified atom stereocenters. The van der Waals surface area contributed by atoms with Gasteiger partial charge in [0.2, 0.25) is 0 Å². The van der Waals surface area contributed by atoms with Gasteiger partial charge in [0.1, 0.15) is 0 Å². The van der Waals surface area contributed by atoms with Crippen molar-refractivity contribution in [3.8, 4) is 0 Å².